The number of hydrogen-bond donors (Lipinski definition) is 0. The highest BCUT2D eigenvalue weighted by Crippen LogP contribution is 2.32. The van der Waals surface area contributed by atoms with Crippen LogP contribution in [0, 0.1) is 0 Å². The molecule has 1 nitrogen and oxygen atoms in total. The summed E-state index contributed by atoms with van der Waals surface area (Å²) in [6, 6.07) is 31.0. The number of rotatable bonds is 3. The van der Waals surface area contributed by atoms with Crippen molar-refractivity contribution in [3.05, 3.63) is 102 Å². The van der Waals surface area contributed by atoms with Crippen LogP contribution in [0.5, 0.6) is 0 Å². The van der Waals surface area contributed by atoms with Gasteiger partial charge in [-0.1, -0.05) is 86.7 Å². The molecule has 2 heteroatoms. The van der Waals surface area contributed by atoms with Crippen molar-refractivity contribution in [1.29, 1.82) is 0 Å². The minimum Gasteiger partial charge on any atom is -0.256 e. The Kier molecular flexibility index (Phi) is 4.25. The molecule has 0 bridgehead atoms. The monoisotopic (exact) mass is 391 g/mol. The molecule has 1 aliphatic rings. The normalized spacial score (nSPS) is 14.9. The van der Waals surface area contributed by atoms with E-state index in [9.17, 15) is 0 Å². The van der Waals surface area contributed by atoms with E-state index in [1.807, 2.05) is 6.20 Å². The van der Waals surface area contributed by atoms with Gasteiger partial charge >= 0.3 is 0 Å². The second-order valence-corrected chi connectivity index (χ2v) is 12.9. The van der Waals surface area contributed by atoms with Crippen LogP contribution in [0.15, 0.2) is 91.1 Å². The average Bonchev–Trinajstić information content (AvgIpc) is 3.01. The van der Waals surface area contributed by atoms with Gasteiger partial charge in [-0.3, -0.25) is 4.98 Å². The Bertz CT molecular complexity index is 1190. The molecular formula is C27H25NSi. The molecule has 0 spiro atoms. The third-order valence-electron chi connectivity index (χ3n) is 6.46. The number of aromatic nitrogens is 1. The van der Waals surface area contributed by atoms with Crippen LogP contribution in [0.2, 0.25) is 13.1 Å². The molecule has 142 valence electrons. The van der Waals surface area contributed by atoms with Gasteiger partial charge in [-0.2, -0.15) is 0 Å². The molecule has 4 aromatic rings. The largest absolute Gasteiger partial charge is 0.256 e. The molecule has 0 radical (unpaired) electrons. The molecule has 0 N–H and O–H groups in total. The van der Waals surface area contributed by atoms with Crippen molar-refractivity contribution in [2.24, 2.45) is 0 Å². The Morgan fingerprint density at radius 1 is 0.690 bits per heavy atom. The molecule has 5 rings (SSSR count). The van der Waals surface area contributed by atoms with Gasteiger partial charge in [-0.05, 0) is 50.8 Å². The van der Waals surface area contributed by atoms with Gasteiger partial charge in [0.15, 0.2) is 0 Å². The number of fused-ring (bicyclic) bond motifs is 3. The highest BCUT2D eigenvalue weighted by molar-refractivity contribution is 7.03. The van der Waals surface area contributed by atoms with Gasteiger partial charge < -0.3 is 0 Å². The van der Waals surface area contributed by atoms with E-state index in [0.717, 1.165) is 5.69 Å². The third kappa shape index (κ3) is 2.95. The number of hydrogen-bond acceptors (Lipinski definition) is 1. The molecule has 0 aliphatic carbocycles. The Morgan fingerprint density at radius 3 is 2.24 bits per heavy atom. The van der Waals surface area contributed by atoms with Gasteiger partial charge in [0.05, 0.1) is 5.69 Å². The maximum Gasteiger partial charge on any atom is 0.113 e. The Balaban J connectivity index is 1.58. The molecule has 0 saturated carbocycles. The lowest BCUT2D eigenvalue weighted by Crippen LogP contribution is -2.49. The summed E-state index contributed by atoms with van der Waals surface area (Å²) in [5, 5.41) is 3.09. The van der Waals surface area contributed by atoms with Crippen LogP contribution in [0.3, 0.4) is 0 Å². The average molecular weight is 392 g/mol. The van der Waals surface area contributed by atoms with Crippen LogP contribution < -0.4 is 10.4 Å². The van der Waals surface area contributed by atoms with E-state index in [4.69, 9.17) is 4.98 Å². The first-order chi connectivity index (χ1) is 14.1. The fourth-order valence-electron chi connectivity index (χ4n) is 4.69. The summed E-state index contributed by atoms with van der Waals surface area (Å²) in [6.45, 7) is 7.18. The molecule has 1 aromatic heterocycles. The maximum absolute atomic E-state index is 4.71. The van der Waals surface area contributed by atoms with Crippen LogP contribution in [0.25, 0.3) is 22.4 Å². The zero-order valence-corrected chi connectivity index (χ0v) is 18.2. The first-order valence-electron chi connectivity index (χ1n) is 10.3. The van der Waals surface area contributed by atoms with Crippen LogP contribution >= 0.6 is 0 Å². The molecule has 3 aromatic carbocycles. The predicted molar refractivity (Wildman–Crippen MR) is 126 cm³/mol. The summed E-state index contributed by atoms with van der Waals surface area (Å²) in [5.74, 6) is 0.347. The van der Waals surface area contributed by atoms with E-state index in [1.165, 1.54) is 33.0 Å². The maximum atomic E-state index is 4.71. The first kappa shape index (κ1) is 18.1. The second-order valence-electron chi connectivity index (χ2n) is 8.54. The van der Waals surface area contributed by atoms with Crippen LogP contribution in [0.1, 0.15) is 24.0 Å². The standard InChI is InChI=1S/C27H25NSi/c1-19(20-9-5-4-6-10-20)21-15-16-28-25(18-21)22-13-14-27-24(17-22)23-11-7-8-12-26(23)29(27,2)3/h4-19H,1-3H3. The highest BCUT2D eigenvalue weighted by Gasteiger charge is 2.37. The lowest BCUT2D eigenvalue weighted by molar-refractivity contribution is 0.918. The van der Waals surface area contributed by atoms with E-state index in [2.05, 4.69) is 105 Å². The Hall–Kier alpha value is -2.97. The highest BCUT2D eigenvalue weighted by atomic mass is 28.3. The van der Waals surface area contributed by atoms with E-state index in [-0.39, 0.29) is 0 Å². The topological polar surface area (TPSA) is 12.9 Å². The van der Waals surface area contributed by atoms with E-state index < -0.39 is 8.07 Å². The number of pyridine rings is 1. The molecule has 1 aliphatic heterocycles. The molecular weight excluding hydrogens is 366 g/mol. The lowest BCUT2D eigenvalue weighted by Gasteiger charge is -2.18. The van der Waals surface area contributed by atoms with Crippen LogP contribution in [0.4, 0.5) is 0 Å². The van der Waals surface area contributed by atoms with E-state index in [1.54, 1.807) is 5.19 Å². The van der Waals surface area contributed by atoms with Gasteiger partial charge in [0.25, 0.3) is 0 Å². The van der Waals surface area contributed by atoms with Crippen molar-refractivity contribution in [2.45, 2.75) is 25.9 Å². The SMILES string of the molecule is CC(c1ccccc1)c1ccnc(-c2ccc3c(c2)-c2ccccc2[Si]3(C)C)c1. The van der Waals surface area contributed by atoms with Crippen molar-refractivity contribution in [3.8, 4) is 22.4 Å². The first-order valence-corrected chi connectivity index (χ1v) is 13.3. The zero-order valence-electron chi connectivity index (χ0n) is 17.2. The summed E-state index contributed by atoms with van der Waals surface area (Å²) in [6.07, 6.45) is 1.95. The molecule has 1 atom stereocenters. The Labute approximate surface area is 174 Å². The molecule has 0 saturated heterocycles. The number of benzene rings is 3. The van der Waals surface area contributed by atoms with Crippen molar-refractivity contribution >= 4 is 18.4 Å². The number of nitrogens with zero attached hydrogens (tertiary/aromatic N) is 1. The van der Waals surface area contributed by atoms with Crippen molar-refractivity contribution in [3.63, 3.8) is 0 Å². The molecule has 1 unspecified atom stereocenters. The van der Waals surface area contributed by atoms with E-state index in [0.29, 0.717) is 5.92 Å². The summed E-state index contributed by atoms with van der Waals surface area (Å²) >= 11 is 0. The van der Waals surface area contributed by atoms with Gasteiger partial charge in [-0.25, -0.2) is 0 Å². The van der Waals surface area contributed by atoms with Crippen molar-refractivity contribution in [2.75, 3.05) is 0 Å². The molecule has 2 heterocycles. The minimum absolute atomic E-state index is 0.347. The van der Waals surface area contributed by atoms with Crippen LogP contribution in [-0.2, 0) is 0 Å². The van der Waals surface area contributed by atoms with Crippen LogP contribution in [-0.4, -0.2) is 13.1 Å². The van der Waals surface area contributed by atoms with Crippen molar-refractivity contribution < 1.29 is 0 Å². The summed E-state index contributed by atoms with van der Waals surface area (Å²) in [7, 11) is -1.60. The molecule has 0 fully saturated rings. The fraction of sp³-hybridized carbons (Fsp3) is 0.148. The molecule has 29 heavy (non-hydrogen) atoms. The smallest absolute Gasteiger partial charge is 0.113 e. The lowest BCUT2D eigenvalue weighted by atomic mass is 9.92. The summed E-state index contributed by atoms with van der Waals surface area (Å²) in [5.41, 5.74) is 7.70. The van der Waals surface area contributed by atoms with E-state index >= 15 is 0 Å². The zero-order chi connectivity index (χ0) is 20.0. The summed E-state index contributed by atoms with van der Waals surface area (Å²) in [4.78, 5) is 4.71. The molecule has 0 amide bonds. The van der Waals surface area contributed by atoms with Gasteiger partial charge in [0, 0.05) is 17.7 Å². The van der Waals surface area contributed by atoms with Crippen molar-refractivity contribution in [1.82, 2.24) is 4.98 Å². The third-order valence-corrected chi connectivity index (χ3v) is 10.0. The summed E-state index contributed by atoms with van der Waals surface area (Å²) < 4.78 is 0. The predicted octanol–water partition coefficient (Wildman–Crippen LogP) is 5.70. The second kappa shape index (κ2) is 6.82. The van der Waals surface area contributed by atoms with Gasteiger partial charge in [0.2, 0.25) is 0 Å². The fourth-order valence-corrected chi connectivity index (χ4v) is 7.76. The van der Waals surface area contributed by atoms with Gasteiger partial charge in [-0.15, -0.1) is 0 Å². The minimum atomic E-state index is -1.60. The quantitative estimate of drug-likeness (QED) is 0.408. The Morgan fingerprint density at radius 2 is 1.41 bits per heavy atom. The van der Waals surface area contributed by atoms with Gasteiger partial charge in [0.1, 0.15) is 8.07 Å².